The van der Waals surface area contributed by atoms with Crippen molar-refractivity contribution in [1.29, 1.82) is 0 Å². The Morgan fingerprint density at radius 1 is 1.34 bits per heavy atom. The van der Waals surface area contributed by atoms with Gasteiger partial charge in [-0.1, -0.05) is 23.2 Å². The Morgan fingerprint density at radius 2 is 2.03 bits per heavy atom. The number of aryl methyl sites for hydroxylation is 1. The van der Waals surface area contributed by atoms with Crippen LogP contribution in [0.25, 0.3) is 5.57 Å². The molecule has 0 N–H and O–H groups in total. The highest BCUT2D eigenvalue weighted by atomic mass is 35.5. The smallest absolute Gasteiger partial charge is 0.412 e. The molecule has 3 atom stereocenters. The van der Waals surface area contributed by atoms with E-state index in [1.54, 1.807) is 20.1 Å². The van der Waals surface area contributed by atoms with Gasteiger partial charge in [0.25, 0.3) is 0 Å². The number of benzene rings is 1. The largest absolute Gasteiger partial charge is 0.447 e. The van der Waals surface area contributed by atoms with Crippen LogP contribution in [0.1, 0.15) is 36.8 Å². The molecule has 3 rings (SSSR count). The molecule has 0 aromatic heterocycles. The van der Waals surface area contributed by atoms with Crippen LogP contribution in [0.4, 0.5) is 13.2 Å². The first-order valence-corrected chi connectivity index (χ1v) is 13.6. The Kier molecular flexibility index (Phi) is 7.60. The maximum absolute atomic E-state index is 13.1. The zero-order chi connectivity index (χ0) is 23.9. The van der Waals surface area contributed by atoms with Crippen molar-refractivity contribution in [2.24, 2.45) is 0 Å². The molecular weight excluding hydrogens is 511 g/mol. The number of rotatable bonds is 6. The quantitative estimate of drug-likeness (QED) is 0.310. The fourth-order valence-electron chi connectivity index (χ4n) is 4.03. The summed E-state index contributed by atoms with van der Waals surface area (Å²) in [7, 11) is 1.54. The van der Waals surface area contributed by atoms with E-state index in [2.05, 4.69) is 0 Å². The molecule has 1 aromatic carbocycles. The van der Waals surface area contributed by atoms with Gasteiger partial charge in [-0.25, -0.2) is 4.79 Å². The van der Waals surface area contributed by atoms with Gasteiger partial charge >= 0.3 is 12.1 Å². The highest BCUT2D eigenvalue weighted by Crippen LogP contribution is 2.57. The summed E-state index contributed by atoms with van der Waals surface area (Å²) in [6, 6.07) is 3.09. The Bertz CT molecular complexity index is 977. The lowest BCUT2D eigenvalue weighted by atomic mass is 9.80. The number of hydrogen-bond acceptors (Lipinski definition) is 6. The summed E-state index contributed by atoms with van der Waals surface area (Å²) in [6.07, 6.45) is -2.76. The van der Waals surface area contributed by atoms with Crippen molar-refractivity contribution in [1.82, 2.24) is 0 Å². The predicted octanol–water partition coefficient (Wildman–Crippen LogP) is 6.43. The topological polar surface area (TPSA) is 54.0 Å². The van der Waals surface area contributed by atoms with E-state index >= 15 is 0 Å². The van der Waals surface area contributed by atoms with Crippen molar-refractivity contribution in [3.63, 3.8) is 0 Å². The second-order valence-corrected chi connectivity index (χ2v) is 12.7. The molecule has 32 heavy (non-hydrogen) atoms. The van der Waals surface area contributed by atoms with Gasteiger partial charge in [-0.2, -0.15) is 13.2 Å². The molecule has 0 radical (unpaired) electrons. The first-order chi connectivity index (χ1) is 14.8. The van der Waals surface area contributed by atoms with Gasteiger partial charge in [0.05, 0.1) is 11.1 Å². The zero-order valence-electron chi connectivity index (χ0n) is 17.6. The van der Waals surface area contributed by atoms with E-state index in [0.29, 0.717) is 29.0 Å². The normalized spacial score (nSPS) is 25.8. The lowest BCUT2D eigenvalue weighted by Crippen LogP contribution is -2.41. The van der Waals surface area contributed by atoms with E-state index in [1.165, 1.54) is 12.7 Å². The van der Waals surface area contributed by atoms with Gasteiger partial charge in [-0.15, -0.1) is 0 Å². The molecule has 178 valence electrons. The van der Waals surface area contributed by atoms with E-state index in [0.717, 1.165) is 6.42 Å². The van der Waals surface area contributed by atoms with Crippen LogP contribution >= 0.6 is 29.7 Å². The average Bonchev–Trinajstić information content (AvgIpc) is 2.90. The van der Waals surface area contributed by atoms with E-state index < -0.39 is 30.8 Å². The Morgan fingerprint density at radius 3 is 2.62 bits per heavy atom. The molecule has 1 aliphatic carbocycles. The lowest BCUT2D eigenvalue weighted by Gasteiger charge is -2.38. The van der Waals surface area contributed by atoms with Crippen molar-refractivity contribution in [2.45, 2.75) is 50.5 Å². The van der Waals surface area contributed by atoms with E-state index in [-0.39, 0.29) is 28.9 Å². The van der Waals surface area contributed by atoms with Gasteiger partial charge in [-0.3, -0.25) is 0 Å². The van der Waals surface area contributed by atoms with Crippen LogP contribution in [-0.4, -0.2) is 44.2 Å². The second-order valence-electron chi connectivity index (χ2n) is 7.87. The first-order valence-electron chi connectivity index (χ1n) is 9.72. The van der Waals surface area contributed by atoms with Crippen LogP contribution in [0.5, 0.6) is 0 Å². The molecule has 0 amide bonds. The molecule has 1 heterocycles. The Hall–Kier alpha value is -0.830. The van der Waals surface area contributed by atoms with Gasteiger partial charge in [0, 0.05) is 30.8 Å². The predicted molar refractivity (Wildman–Crippen MR) is 120 cm³/mol. The molecule has 5 nitrogen and oxygen atoms in total. The lowest BCUT2D eigenvalue weighted by molar-refractivity contribution is -0.155. The molecule has 1 saturated carbocycles. The summed E-state index contributed by atoms with van der Waals surface area (Å²) in [5.74, 6) is -0.653. The fourth-order valence-corrected chi connectivity index (χ4v) is 6.12. The van der Waals surface area contributed by atoms with Crippen LogP contribution in [0, 0.1) is 6.92 Å². The SMILES string of the molecule is COC1CCCC2(C1)OC(=O)C(c1c(C)cc(Cl)cc1Cl)=C2OP(C)(=S)OCC(F)(F)F. The van der Waals surface area contributed by atoms with Crippen molar-refractivity contribution in [3.05, 3.63) is 39.1 Å². The van der Waals surface area contributed by atoms with Crippen molar-refractivity contribution < 1.29 is 36.5 Å². The molecule has 1 spiro atoms. The van der Waals surface area contributed by atoms with Crippen molar-refractivity contribution in [3.8, 4) is 0 Å². The van der Waals surface area contributed by atoms with Gasteiger partial charge in [0.15, 0.2) is 18.0 Å². The minimum atomic E-state index is -4.58. The number of methoxy groups -OCH3 is 1. The molecule has 1 aliphatic heterocycles. The van der Waals surface area contributed by atoms with E-state index in [1.807, 2.05) is 0 Å². The second kappa shape index (κ2) is 9.43. The molecule has 1 fully saturated rings. The third-order valence-electron chi connectivity index (χ3n) is 5.35. The zero-order valence-corrected chi connectivity index (χ0v) is 20.8. The first kappa shape index (κ1) is 25.8. The molecule has 1 aromatic rings. The number of esters is 1. The van der Waals surface area contributed by atoms with Crippen LogP contribution in [-0.2, 0) is 35.1 Å². The molecular formula is C20H22Cl2F3O5PS. The summed E-state index contributed by atoms with van der Waals surface area (Å²) >= 11 is 17.8. The summed E-state index contributed by atoms with van der Waals surface area (Å²) < 4.78 is 60.4. The van der Waals surface area contributed by atoms with E-state index in [9.17, 15) is 18.0 Å². The van der Waals surface area contributed by atoms with Gasteiger partial charge < -0.3 is 18.5 Å². The van der Waals surface area contributed by atoms with Crippen LogP contribution in [0.3, 0.4) is 0 Å². The van der Waals surface area contributed by atoms with Gasteiger partial charge in [0.2, 0.25) is 6.49 Å². The number of alkyl halides is 3. The molecule has 12 heteroatoms. The third-order valence-corrected chi connectivity index (χ3v) is 7.52. The highest BCUT2D eigenvalue weighted by molar-refractivity contribution is 8.09. The monoisotopic (exact) mass is 532 g/mol. The average molecular weight is 533 g/mol. The standard InChI is InChI=1S/C20H22Cl2F3O5PS/c1-11-7-12(21)8-14(22)15(11)16-17(30-31(3,32)28-10-20(23,24)25)19(29-18(16)26)6-4-5-13(9-19)27-2/h7-8,13H,4-6,9-10H2,1-3H3. The Balaban J connectivity index is 2.14. The van der Waals surface area contributed by atoms with Crippen LogP contribution in [0.2, 0.25) is 10.0 Å². The summed E-state index contributed by atoms with van der Waals surface area (Å²) in [6.45, 7) is -2.05. The molecule has 0 saturated heterocycles. The maximum atomic E-state index is 13.1. The number of halogens is 5. The number of carbonyl (C=O) groups is 1. The molecule has 3 unspecified atom stereocenters. The minimum Gasteiger partial charge on any atom is -0.447 e. The van der Waals surface area contributed by atoms with Gasteiger partial charge in [-0.05, 0) is 55.7 Å². The number of hydrogen-bond donors (Lipinski definition) is 0. The summed E-state index contributed by atoms with van der Waals surface area (Å²) in [5.41, 5.74) is -0.305. The number of carbonyl (C=O) groups excluding carboxylic acids is 1. The van der Waals surface area contributed by atoms with E-state index in [4.69, 9.17) is 53.5 Å². The molecule has 0 bridgehead atoms. The maximum Gasteiger partial charge on any atom is 0.412 e. The highest BCUT2D eigenvalue weighted by Gasteiger charge is 2.54. The van der Waals surface area contributed by atoms with Crippen LogP contribution in [0.15, 0.2) is 17.9 Å². The number of ether oxygens (including phenoxy) is 2. The van der Waals surface area contributed by atoms with Crippen molar-refractivity contribution >= 4 is 53.0 Å². The van der Waals surface area contributed by atoms with Gasteiger partial charge in [0.1, 0.15) is 5.57 Å². The minimum absolute atomic E-state index is 0.0209. The summed E-state index contributed by atoms with van der Waals surface area (Å²) in [5, 5.41) is 0.548. The Labute approximate surface area is 199 Å². The summed E-state index contributed by atoms with van der Waals surface area (Å²) in [4.78, 5) is 13.1. The fraction of sp³-hybridized carbons (Fsp3) is 0.550. The van der Waals surface area contributed by atoms with Crippen molar-refractivity contribution in [2.75, 3.05) is 20.4 Å². The molecule has 2 aliphatic rings. The third kappa shape index (κ3) is 5.62. The van der Waals surface area contributed by atoms with Crippen LogP contribution < -0.4 is 0 Å².